The Hall–Kier alpha value is -2.59. The number of nitrogens with zero attached hydrogens (tertiary/aromatic N) is 5. The van der Waals surface area contributed by atoms with Crippen LogP contribution in [0.15, 0.2) is 12.7 Å². The summed E-state index contributed by atoms with van der Waals surface area (Å²) < 4.78 is 1.56. The highest BCUT2D eigenvalue weighted by Crippen LogP contribution is 2.14. The number of anilines is 1. The predicted octanol–water partition coefficient (Wildman–Crippen LogP) is -1.50. The van der Waals surface area contributed by atoms with Gasteiger partial charge in [0, 0.05) is 13.1 Å². The van der Waals surface area contributed by atoms with Gasteiger partial charge in [0.05, 0.1) is 18.9 Å². The molecule has 0 saturated carbocycles. The molecule has 24 heavy (non-hydrogen) atoms. The Morgan fingerprint density at radius 1 is 1.33 bits per heavy atom. The minimum atomic E-state index is -0.584. The molecule has 0 radical (unpaired) electrons. The molecule has 10 nitrogen and oxygen atoms in total. The topological polar surface area (TPSA) is 159 Å². The molecule has 2 aromatic heterocycles. The van der Waals surface area contributed by atoms with Crippen LogP contribution >= 0.6 is 0 Å². The molecule has 0 bridgehead atoms. The van der Waals surface area contributed by atoms with E-state index in [1.54, 1.807) is 4.57 Å². The fraction of sp³-hybridized carbons (Fsp3) is 0.500. The highest BCUT2D eigenvalue weighted by molar-refractivity contribution is 5.90. The van der Waals surface area contributed by atoms with E-state index < -0.39 is 6.04 Å². The molecule has 1 atom stereocenters. The summed E-state index contributed by atoms with van der Waals surface area (Å²) in [7, 11) is 0. The van der Waals surface area contributed by atoms with E-state index in [2.05, 4.69) is 15.0 Å². The van der Waals surface area contributed by atoms with Crippen molar-refractivity contribution in [3.05, 3.63) is 12.7 Å². The molecule has 0 aliphatic carbocycles. The number of carbonyl (C=O) groups excluding carboxylic acids is 2. The maximum Gasteiger partial charge on any atom is 0.243 e. The summed E-state index contributed by atoms with van der Waals surface area (Å²) in [6.07, 6.45) is 3.29. The number of aromatic nitrogens is 4. The average molecular weight is 334 g/mol. The van der Waals surface area contributed by atoms with Crippen LogP contribution in [0.25, 0.3) is 11.2 Å². The summed E-state index contributed by atoms with van der Waals surface area (Å²) in [5.41, 5.74) is 17.9. The lowest BCUT2D eigenvalue weighted by atomic mass is 10.1. The minimum Gasteiger partial charge on any atom is -0.382 e. The monoisotopic (exact) mass is 334 g/mol. The van der Waals surface area contributed by atoms with E-state index in [-0.39, 0.29) is 43.7 Å². The summed E-state index contributed by atoms with van der Waals surface area (Å²) in [5.74, 6) is -0.218. The number of nitrogens with two attached hydrogens (primary N) is 3. The van der Waals surface area contributed by atoms with Crippen LogP contribution < -0.4 is 17.2 Å². The van der Waals surface area contributed by atoms with Gasteiger partial charge in [-0.2, -0.15) is 0 Å². The summed E-state index contributed by atoms with van der Waals surface area (Å²) in [4.78, 5) is 38.0. The van der Waals surface area contributed by atoms with Crippen LogP contribution in [0.5, 0.6) is 0 Å². The van der Waals surface area contributed by atoms with Crippen molar-refractivity contribution in [2.45, 2.75) is 25.9 Å². The van der Waals surface area contributed by atoms with Gasteiger partial charge in [0.2, 0.25) is 5.91 Å². The number of hydrogen-bond acceptors (Lipinski definition) is 8. The highest BCUT2D eigenvalue weighted by Gasteiger charge is 2.21. The first-order chi connectivity index (χ1) is 11.5. The van der Waals surface area contributed by atoms with Crippen molar-refractivity contribution in [3.8, 4) is 0 Å². The Morgan fingerprint density at radius 3 is 2.75 bits per heavy atom. The van der Waals surface area contributed by atoms with Gasteiger partial charge in [-0.25, -0.2) is 15.0 Å². The Balaban J connectivity index is 2.14. The normalized spacial score (nSPS) is 12.3. The number of amides is 1. The molecular weight excluding hydrogens is 312 g/mol. The van der Waals surface area contributed by atoms with Crippen molar-refractivity contribution in [3.63, 3.8) is 0 Å². The number of Topliss-reactive ketones (excluding diaryl/α,β-unsaturated/α-hetero) is 1. The maximum absolute atomic E-state index is 12.5. The van der Waals surface area contributed by atoms with Gasteiger partial charge in [-0.15, -0.1) is 0 Å². The molecule has 1 amide bonds. The van der Waals surface area contributed by atoms with E-state index in [1.807, 2.05) is 6.92 Å². The number of rotatable bonds is 8. The van der Waals surface area contributed by atoms with Crippen molar-refractivity contribution in [2.75, 3.05) is 25.4 Å². The quantitative estimate of drug-likeness (QED) is 0.526. The molecule has 1 unspecified atom stereocenters. The van der Waals surface area contributed by atoms with Crippen LogP contribution in [0, 0.1) is 0 Å². The summed E-state index contributed by atoms with van der Waals surface area (Å²) in [6, 6.07) is -0.584. The van der Waals surface area contributed by atoms with E-state index in [0.29, 0.717) is 17.6 Å². The molecule has 2 heterocycles. The Morgan fingerprint density at radius 2 is 2.08 bits per heavy atom. The number of nitrogen functional groups attached to an aromatic ring is 1. The fourth-order valence-electron chi connectivity index (χ4n) is 2.24. The van der Waals surface area contributed by atoms with Crippen molar-refractivity contribution in [2.24, 2.45) is 11.5 Å². The molecule has 0 aliphatic rings. The van der Waals surface area contributed by atoms with Crippen molar-refractivity contribution in [1.82, 2.24) is 24.4 Å². The van der Waals surface area contributed by atoms with Gasteiger partial charge in [-0.1, -0.05) is 6.92 Å². The average Bonchev–Trinajstić information content (AvgIpc) is 2.98. The molecule has 0 fully saturated rings. The number of fused-ring (bicyclic) bond motifs is 1. The molecule has 6 N–H and O–H groups in total. The first-order valence-electron chi connectivity index (χ1n) is 7.65. The van der Waals surface area contributed by atoms with Gasteiger partial charge in [0.15, 0.2) is 17.2 Å². The molecule has 0 aliphatic heterocycles. The Kier molecular flexibility index (Phi) is 5.77. The van der Waals surface area contributed by atoms with Crippen LogP contribution in [0.3, 0.4) is 0 Å². The van der Waals surface area contributed by atoms with Crippen LogP contribution in [-0.4, -0.2) is 61.8 Å². The second-order valence-corrected chi connectivity index (χ2v) is 5.39. The summed E-state index contributed by atoms with van der Waals surface area (Å²) in [6.45, 7) is 2.25. The molecule has 0 aromatic carbocycles. The number of hydrogen-bond donors (Lipinski definition) is 3. The van der Waals surface area contributed by atoms with Crippen LogP contribution in [0.2, 0.25) is 0 Å². The predicted molar refractivity (Wildman–Crippen MR) is 88.6 cm³/mol. The molecule has 0 spiro atoms. The fourth-order valence-corrected chi connectivity index (χ4v) is 2.24. The number of carbonyl (C=O) groups is 2. The molecular formula is C14H22N8O2. The molecule has 2 rings (SSSR count). The zero-order valence-electron chi connectivity index (χ0n) is 13.6. The Labute approximate surface area is 139 Å². The zero-order valence-corrected chi connectivity index (χ0v) is 13.6. The van der Waals surface area contributed by atoms with Crippen molar-refractivity contribution in [1.29, 1.82) is 0 Å². The second kappa shape index (κ2) is 7.79. The summed E-state index contributed by atoms with van der Waals surface area (Å²) in [5, 5.41) is 0. The second-order valence-electron chi connectivity index (χ2n) is 5.39. The lowest BCUT2D eigenvalue weighted by Crippen LogP contribution is -2.45. The van der Waals surface area contributed by atoms with Gasteiger partial charge >= 0.3 is 0 Å². The van der Waals surface area contributed by atoms with E-state index >= 15 is 0 Å². The first kappa shape index (κ1) is 17.8. The Bertz CT molecular complexity index is 729. The number of ketones is 1. The van der Waals surface area contributed by atoms with Crippen LogP contribution in [0.4, 0.5) is 5.82 Å². The van der Waals surface area contributed by atoms with E-state index in [9.17, 15) is 9.59 Å². The van der Waals surface area contributed by atoms with Crippen molar-refractivity contribution >= 4 is 28.7 Å². The van der Waals surface area contributed by atoms with Crippen molar-refractivity contribution < 1.29 is 9.59 Å². The SMILES string of the molecule is CCC(N)C(=O)CN(CCN)C(=O)Cn1cnc2c(N)ncnc21. The standard InChI is InChI=1S/C14H22N8O2/c1-2-9(16)10(23)5-21(4-3-15)11(24)6-22-8-20-12-13(17)18-7-19-14(12)22/h7-9H,2-6,15-16H2,1H3,(H2,17,18,19). The van der Waals surface area contributed by atoms with E-state index in [1.165, 1.54) is 17.6 Å². The summed E-state index contributed by atoms with van der Waals surface area (Å²) >= 11 is 0. The third kappa shape index (κ3) is 3.84. The first-order valence-corrected chi connectivity index (χ1v) is 7.65. The lowest BCUT2D eigenvalue weighted by molar-refractivity contribution is -0.136. The smallest absolute Gasteiger partial charge is 0.243 e. The van der Waals surface area contributed by atoms with Gasteiger partial charge in [0.25, 0.3) is 0 Å². The highest BCUT2D eigenvalue weighted by atomic mass is 16.2. The number of imidazole rings is 1. The zero-order chi connectivity index (χ0) is 17.7. The van der Waals surface area contributed by atoms with E-state index in [4.69, 9.17) is 17.2 Å². The largest absolute Gasteiger partial charge is 0.382 e. The maximum atomic E-state index is 12.5. The molecule has 130 valence electrons. The van der Waals surface area contributed by atoms with Gasteiger partial charge in [0.1, 0.15) is 18.4 Å². The third-order valence-electron chi connectivity index (χ3n) is 3.69. The lowest BCUT2D eigenvalue weighted by Gasteiger charge is -2.23. The molecule has 10 heteroatoms. The van der Waals surface area contributed by atoms with Crippen LogP contribution in [0.1, 0.15) is 13.3 Å². The van der Waals surface area contributed by atoms with Gasteiger partial charge < -0.3 is 26.7 Å². The van der Waals surface area contributed by atoms with Gasteiger partial charge in [-0.05, 0) is 6.42 Å². The van der Waals surface area contributed by atoms with E-state index in [0.717, 1.165) is 0 Å². The molecule has 2 aromatic rings. The van der Waals surface area contributed by atoms with Gasteiger partial charge in [-0.3, -0.25) is 9.59 Å². The molecule has 0 saturated heterocycles. The minimum absolute atomic E-state index is 0.0262. The van der Waals surface area contributed by atoms with Crippen LogP contribution in [-0.2, 0) is 16.1 Å². The third-order valence-corrected chi connectivity index (χ3v) is 3.69.